The van der Waals surface area contributed by atoms with Gasteiger partial charge in [-0.3, -0.25) is 19.8 Å². The van der Waals surface area contributed by atoms with E-state index in [0.717, 1.165) is 5.56 Å². The number of ether oxygens (including phenoxy) is 1. The van der Waals surface area contributed by atoms with Crippen LogP contribution in [0.25, 0.3) is 6.08 Å². The Balaban J connectivity index is 1.68. The molecule has 0 atom stereocenters. The molecule has 3 rings (SSSR count). The lowest BCUT2D eigenvalue weighted by atomic mass is 10.1. The van der Waals surface area contributed by atoms with Crippen molar-refractivity contribution in [2.45, 2.75) is 6.61 Å². The van der Waals surface area contributed by atoms with Crippen LogP contribution in [0, 0.1) is 0 Å². The molecule has 1 saturated heterocycles. The minimum Gasteiger partial charge on any atom is -0.489 e. The van der Waals surface area contributed by atoms with Crippen LogP contribution in [0.15, 0.2) is 66.8 Å². The van der Waals surface area contributed by atoms with Gasteiger partial charge in [-0.25, -0.2) is 4.79 Å². The molecule has 7 nitrogen and oxygen atoms in total. The van der Waals surface area contributed by atoms with E-state index in [2.05, 4.69) is 11.9 Å². The molecule has 30 heavy (non-hydrogen) atoms. The van der Waals surface area contributed by atoms with Gasteiger partial charge in [0.1, 0.15) is 17.9 Å². The lowest BCUT2D eigenvalue weighted by Gasteiger charge is -2.27. The summed E-state index contributed by atoms with van der Waals surface area (Å²) in [6, 6.07) is 13.3. The van der Waals surface area contributed by atoms with E-state index in [0.29, 0.717) is 11.3 Å². The number of aromatic carboxylic acids is 1. The first-order valence-corrected chi connectivity index (χ1v) is 9.34. The summed E-state index contributed by atoms with van der Waals surface area (Å²) in [6.45, 7) is 4.06. The van der Waals surface area contributed by atoms with E-state index < -0.39 is 17.8 Å². The number of hydrogen-bond donors (Lipinski definition) is 2. The maximum absolute atomic E-state index is 12.5. The zero-order chi connectivity index (χ0) is 21.7. The van der Waals surface area contributed by atoms with Crippen LogP contribution in [-0.4, -0.2) is 39.4 Å². The normalized spacial score (nSPS) is 15.1. The molecule has 2 aromatic rings. The fraction of sp³-hybridized carbons (Fsp3) is 0.0909. The van der Waals surface area contributed by atoms with Gasteiger partial charge in [0.25, 0.3) is 11.8 Å². The zero-order valence-corrected chi connectivity index (χ0v) is 16.6. The van der Waals surface area contributed by atoms with E-state index >= 15 is 0 Å². The van der Waals surface area contributed by atoms with Crippen molar-refractivity contribution in [3.8, 4) is 5.75 Å². The van der Waals surface area contributed by atoms with Crippen LogP contribution in [0.3, 0.4) is 0 Å². The van der Waals surface area contributed by atoms with Gasteiger partial charge < -0.3 is 9.84 Å². The third-order valence-corrected chi connectivity index (χ3v) is 4.62. The van der Waals surface area contributed by atoms with Crippen molar-refractivity contribution in [2.24, 2.45) is 0 Å². The second-order valence-electron chi connectivity index (χ2n) is 6.38. The minimum atomic E-state index is -0.980. The summed E-state index contributed by atoms with van der Waals surface area (Å²) in [7, 11) is 0. The molecule has 0 radical (unpaired) electrons. The average molecular weight is 422 g/mol. The fourth-order valence-electron chi connectivity index (χ4n) is 2.73. The van der Waals surface area contributed by atoms with Gasteiger partial charge in [0.15, 0.2) is 5.11 Å². The number of nitrogens with one attached hydrogen (secondary N) is 1. The van der Waals surface area contributed by atoms with Crippen LogP contribution < -0.4 is 10.1 Å². The SMILES string of the molecule is C=CCN1C(=O)/C(=C/c2ccc(OCc3ccc(C(=O)O)cc3)cc2)C(=O)NC1=S. The average Bonchev–Trinajstić information content (AvgIpc) is 2.74. The molecule has 0 spiro atoms. The predicted octanol–water partition coefficient (Wildman–Crippen LogP) is 2.78. The van der Waals surface area contributed by atoms with Gasteiger partial charge in [0, 0.05) is 6.54 Å². The highest BCUT2D eigenvalue weighted by Crippen LogP contribution is 2.19. The maximum atomic E-state index is 12.5. The summed E-state index contributed by atoms with van der Waals surface area (Å²) in [6.07, 6.45) is 3.02. The van der Waals surface area contributed by atoms with E-state index in [-0.39, 0.29) is 29.4 Å². The van der Waals surface area contributed by atoms with Crippen molar-refractivity contribution in [1.82, 2.24) is 10.2 Å². The molecule has 1 aliphatic heterocycles. The summed E-state index contributed by atoms with van der Waals surface area (Å²) >= 11 is 5.02. The molecule has 2 aromatic carbocycles. The van der Waals surface area contributed by atoms with Crippen LogP contribution >= 0.6 is 12.2 Å². The summed E-state index contributed by atoms with van der Waals surface area (Å²) in [5.74, 6) is -1.41. The number of hydrogen-bond acceptors (Lipinski definition) is 5. The van der Waals surface area contributed by atoms with Crippen LogP contribution in [0.2, 0.25) is 0 Å². The largest absolute Gasteiger partial charge is 0.489 e. The Morgan fingerprint density at radius 2 is 1.80 bits per heavy atom. The first-order chi connectivity index (χ1) is 14.4. The molecule has 1 aliphatic rings. The van der Waals surface area contributed by atoms with Crippen molar-refractivity contribution in [3.63, 3.8) is 0 Å². The maximum Gasteiger partial charge on any atom is 0.335 e. The monoisotopic (exact) mass is 422 g/mol. The highest BCUT2D eigenvalue weighted by Gasteiger charge is 2.32. The summed E-state index contributed by atoms with van der Waals surface area (Å²) < 4.78 is 5.69. The van der Waals surface area contributed by atoms with E-state index in [1.165, 1.54) is 29.2 Å². The summed E-state index contributed by atoms with van der Waals surface area (Å²) in [5, 5.41) is 11.5. The number of carboxylic acid groups (broad SMARTS) is 1. The number of rotatable bonds is 7. The van der Waals surface area contributed by atoms with Crippen molar-refractivity contribution in [1.29, 1.82) is 0 Å². The van der Waals surface area contributed by atoms with Gasteiger partial charge in [0.2, 0.25) is 0 Å². The van der Waals surface area contributed by atoms with Crippen LogP contribution in [-0.2, 0) is 16.2 Å². The second kappa shape index (κ2) is 9.15. The quantitative estimate of drug-likeness (QED) is 0.308. The van der Waals surface area contributed by atoms with Gasteiger partial charge in [0.05, 0.1) is 5.56 Å². The van der Waals surface area contributed by atoms with E-state index in [1.807, 2.05) is 0 Å². The highest BCUT2D eigenvalue weighted by atomic mass is 32.1. The van der Waals surface area contributed by atoms with Gasteiger partial charge >= 0.3 is 5.97 Å². The Morgan fingerprint density at radius 3 is 2.40 bits per heavy atom. The molecule has 0 unspecified atom stereocenters. The Kier molecular flexibility index (Phi) is 6.38. The second-order valence-corrected chi connectivity index (χ2v) is 6.77. The molecule has 2 N–H and O–H groups in total. The first-order valence-electron chi connectivity index (χ1n) is 8.94. The third-order valence-electron chi connectivity index (χ3n) is 4.29. The van der Waals surface area contributed by atoms with Gasteiger partial charge in [-0.2, -0.15) is 0 Å². The molecule has 152 valence electrons. The number of amides is 2. The number of thiocarbonyl (C=S) groups is 1. The molecule has 0 aromatic heterocycles. The summed E-state index contributed by atoms with van der Waals surface area (Å²) in [5.41, 5.74) is 1.68. The molecular formula is C22H18N2O5S. The number of carbonyl (C=O) groups is 3. The Bertz CT molecular complexity index is 1040. The predicted molar refractivity (Wildman–Crippen MR) is 115 cm³/mol. The highest BCUT2D eigenvalue weighted by molar-refractivity contribution is 7.80. The van der Waals surface area contributed by atoms with Crippen LogP contribution in [0.5, 0.6) is 5.75 Å². The first kappa shape index (κ1) is 20.9. The lowest BCUT2D eigenvalue weighted by molar-refractivity contribution is -0.128. The molecular weight excluding hydrogens is 404 g/mol. The zero-order valence-electron chi connectivity index (χ0n) is 15.8. The molecule has 2 amide bonds. The number of carboxylic acids is 1. The van der Waals surface area contributed by atoms with Crippen LogP contribution in [0.4, 0.5) is 0 Å². The standard InChI is InChI=1S/C22H18N2O5S/c1-2-11-24-20(26)18(19(25)23-22(24)30)12-14-5-9-17(10-6-14)29-13-15-3-7-16(8-4-15)21(27)28/h2-10,12H,1,11,13H2,(H,27,28)(H,23,25,30)/b18-12+. The smallest absolute Gasteiger partial charge is 0.335 e. The molecule has 0 saturated carbocycles. The van der Waals surface area contributed by atoms with E-state index in [1.54, 1.807) is 36.4 Å². The van der Waals surface area contributed by atoms with Gasteiger partial charge in [-0.05, 0) is 53.7 Å². The lowest BCUT2D eigenvalue weighted by Crippen LogP contribution is -2.53. The van der Waals surface area contributed by atoms with E-state index in [4.69, 9.17) is 22.1 Å². The van der Waals surface area contributed by atoms with Crippen molar-refractivity contribution >= 4 is 41.2 Å². The Hall–Kier alpha value is -3.78. The van der Waals surface area contributed by atoms with E-state index in [9.17, 15) is 14.4 Å². The van der Waals surface area contributed by atoms with Crippen molar-refractivity contribution in [3.05, 3.63) is 83.4 Å². The molecule has 8 heteroatoms. The molecule has 0 bridgehead atoms. The topological polar surface area (TPSA) is 95.9 Å². The summed E-state index contributed by atoms with van der Waals surface area (Å²) in [4.78, 5) is 36.8. The minimum absolute atomic E-state index is 0.0161. The van der Waals surface area contributed by atoms with Crippen LogP contribution in [0.1, 0.15) is 21.5 Å². The fourth-order valence-corrected chi connectivity index (χ4v) is 2.98. The Labute approximate surface area is 178 Å². The molecule has 0 aliphatic carbocycles. The van der Waals surface area contributed by atoms with Crippen molar-refractivity contribution < 1.29 is 24.2 Å². The number of carbonyl (C=O) groups excluding carboxylic acids is 2. The molecule has 1 heterocycles. The Morgan fingerprint density at radius 1 is 1.13 bits per heavy atom. The van der Waals surface area contributed by atoms with Gasteiger partial charge in [-0.1, -0.05) is 30.3 Å². The van der Waals surface area contributed by atoms with Crippen molar-refractivity contribution in [2.75, 3.05) is 6.54 Å². The number of benzene rings is 2. The number of nitrogens with zero attached hydrogens (tertiary/aromatic N) is 1. The third kappa shape index (κ3) is 4.79. The van der Waals surface area contributed by atoms with Gasteiger partial charge in [-0.15, -0.1) is 6.58 Å². The molecule has 1 fully saturated rings.